The van der Waals surface area contributed by atoms with E-state index in [2.05, 4.69) is 6.92 Å². The minimum absolute atomic E-state index is 0.0905. The van der Waals surface area contributed by atoms with Crippen LogP contribution in [-0.2, 0) is 20.2 Å². The van der Waals surface area contributed by atoms with Crippen molar-refractivity contribution in [3.63, 3.8) is 0 Å². The highest BCUT2D eigenvalue weighted by atomic mass is 32.2. The van der Waals surface area contributed by atoms with E-state index in [0.29, 0.717) is 6.42 Å². The van der Waals surface area contributed by atoms with Crippen molar-refractivity contribution in [3.8, 4) is 0 Å². The van der Waals surface area contributed by atoms with Crippen LogP contribution in [0.3, 0.4) is 0 Å². The molecule has 0 aliphatic heterocycles. The van der Waals surface area contributed by atoms with E-state index < -0.39 is 30.7 Å². The zero-order valence-corrected chi connectivity index (χ0v) is 17.7. The minimum Gasteiger partial charge on any atom is -0.285 e. The Morgan fingerprint density at radius 3 is 1.81 bits per heavy atom. The van der Waals surface area contributed by atoms with Gasteiger partial charge in [-0.3, -0.25) is 9.11 Å². The fourth-order valence-electron chi connectivity index (χ4n) is 4.14. The van der Waals surface area contributed by atoms with Crippen LogP contribution in [-0.4, -0.2) is 36.4 Å². The zero-order valence-electron chi connectivity index (χ0n) is 16.0. The Morgan fingerprint density at radius 2 is 1.35 bits per heavy atom. The molecule has 1 fully saturated rings. The number of hydrogen-bond acceptors (Lipinski definition) is 4. The highest BCUT2D eigenvalue weighted by molar-refractivity contribution is 7.90. The summed E-state index contributed by atoms with van der Waals surface area (Å²) in [6.45, 7) is 2.22. The second-order valence-corrected chi connectivity index (χ2v) is 11.2. The van der Waals surface area contributed by atoms with Crippen molar-refractivity contribution in [1.29, 1.82) is 0 Å². The number of rotatable bonds is 14. The lowest BCUT2D eigenvalue weighted by Crippen LogP contribution is -2.42. The molecule has 1 rings (SSSR count). The molecule has 2 unspecified atom stereocenters. The van der Waals surface area contributed by atoms with Crippen molar-refractivity contribution in [1.82, 2.24) is 0 Å². The Kier molecular flexibility index (Phi) is 10.1. The van der Waals surface area contributed by atoms with Crippen molar-refractivity contribution in [2.75, 3.05) is 5.75 Å². The molecule has 2 atom stereocenters. The molecule has 0 aromatic heterocycles. The van der Waals surface area contributed by atoms with Gasteiger partial charge in [-0.05, 0) is 25.2 Å². The highest BCUT2D eigenvalue weighted by Gasteiger charge is 2.51. The zero-order chi connectivity index (χ0) is 19.7. The summed E-state index contributed by atoms with van der Waals surface area (Å²) in [6, 6.07) is 0. The average Bonchev–Trinajstić information content (AvgIpc) is 2.91. The van der Waals surface area contributed by atoms with E-state index in [1.165, 1.54) is 51.4 Å². The van der Waals surface area contributed by atoms with Crippen LogP contribution >= 0.6 is 0 Å². The van der Waals surface area contributed by atoms with E-state index in [4.69, 9.17) is 4.55 Å². The summed E-state index contributed by atoms with van der Waals surface area (Å²) in [5.41, 5.74) is 0. The van der Waals surface area contributed by atoms with E-state index in [9.17, 15) is 21.4 Å². The Hall–Kier alpha value is -0.180. The molecule has 1 saturated carbocycles. The molecule has 1 aliphatic rings. The largest absolute Gasteiger partial charge is 0.285 e. The van der Waals surface area contributed by atoms with Crippen molar-refractivity contribution < 1.29 is 25.9 Å². The SMILES string of the molecule is CCCCCCCCCCCCC1CCC(CS(=O)(=O)O)(S(=O)(=O)O)C1. The molecule has 0 saturated heterocycles. The van der Waals surface area contributed by atoms with E-state index >= 15 is 0 Å². The van der Waals surface area contributed by atoms with Gasteiger partial charge in [0.1, 0.15) is 4.75 Å². The minimum atomic E-state index is -4.52. The lowest BCUT2D eigenvalue weighted by atomic mass is 9.97. The normalized spacial score (nSPS) is 24.2. The molecule has 0 radical (unpaired) electrons. The second-order valence-electron chi connectivity index (χ2n) is 7.96. The van der Waals surface area contributed by atoms with Gasteiger partial charge in [0.15, 0.2) is 0 Å². The van der Waals surface area contributed by atoms with Crippen LogP contribution in [0.25, 0.3) is 0 Å². The van der Waals surface area contributed by atoms with Crippen LogP contribution in [0, 0.1) is 5.92 Å². The summed E-state index contributed by atoms with van der Waals surface area (Å²) in [6.07, 6.45) is 13.9. The molecule has 0 heterocycles. The van der Waals surface area contributed by atoms with Crippen LogP contribution in [0.15, 0.2) is 0 Å². The third-order valence-electron chi connectivity index (χ3n) is 5.63. The molecule has 6 nitrogen and oxygen atoms in total. The van der Waals surface area contributed by atoms with Crippen LogP contribution in [0.1, 0.15) is 96.8 Å². The van der Waals surface area contributed by atoms with E-state index in [0.717, 1.165) is 19.3 Å². The second kappa shape index (κ2) is 11.0. The standard InChI is InChI=1S/C18H36O6S2/c1-2-3-4-5-6-7-8-9-10-11-12-17-13-14-18(15-17,26(22,23)24)16-25(19,20)21/h17H,2-16H2,1H3,(H,19,20,21)(H,22,23,24). The fourth-order valence-corrected chi connectivity index (χ4v) is 6.93. The van der Waals surface area contributed by atoms with Gasteiger partial charge in [0, 0.05) is 0 Å². The Morgan fingerprint density at radius 1 is 0.846 bits per heavy atom. The van der Waals surface area contributed by atoms with Crippen molar-refractivity contribution in [3.05, 3.63) is 0 Å². The van der Waals surface area contributed by atoms with Crippen LogP contribution in [0.2, 0.25) is 0 Å². The molecule has 0 bridgehead atoms. The molecular weight excluding hydrogens is 376 g/mol. The van der Waals surface area contributed by atoms with E-state index in [1.807, 2.05) is 0 Å². The molecule has 0 aromatic rings. The first-order chi connectivity index (χ1) is 12.1. The fraction of sp³-hybridized carbons (Fsp3) is 1.00. The van der Waals surface area contributed by atoms with Crippen LogP contribution < -0.4 is 0 Å². The first-order valence-electron chi connectivity index (χ1n) is 10.0. The lowest BCUT2D eigenvalue weighted by Gasteiger charge is -2.24. The van der Waals surface area contributed by atoms with Crippen LogP contribution in [0.5, 0.6) is 0 Å². The smallest absolute Gasteiger partial charge is 0.271 e. The topological polar surface area (TPSA) is 109 Å². The summed E-state index contributed by atoms with van der Waals surface area (Å²) in [7, 11) is -8.98. The van der Waals surface area contributed by atoms with E-state index in [1.54, 1.807) is 0 Å². The van der Waals surface area contributed by atoms with Gasteiger partial charge in [-0.15, -0.1) is 0 Å². The molecule has 2 N–H and O–H groups in total. The third kappa shape index (κ3) is 8.67. The van der Waals surface area contributed by atoms with Gasteiger partial charge in [0.05, 0.1) is 5.75 Å². The predicted octanol–water partition coefficient (Wildman–Crippen LogP) is 4.61. The monoisotopic (exact) mass is 412 g/mol. The average molecular weight is 413 g/mol. The Bertz CT molecular complexity index is 599. The molecule has 1 aliphatic carbocycles. The quantitative estimate of drug-likeness (QED) is 0.318. The molecule has 0 spiro atoms. The van der Waals surface area contributed by atoms with Gasteiger partial charge >= 0.3 is 0 Å². The molecular formula is C18H36O6S2. The third-order valence-corrected chi connectivity index (χ3v) is 8.34. The van der Waals surface area contributed by atoms with Gasteiger partial charge in [-0.25, -0.2) is 0 Å². The summed E-state index contributed by atoms with van der Waals surface area (Å²) < 4.78 is 62.6. The highest BCUT2D eigenvalue weighted by Crippen LogP contribution is 2.43. The molecule has 26 heavy (non-hydrogen) atoms. The molecule has 156 valence electrons. The van der Waals surface area contributed by atoms with E-state index in [-0.39, 0.29) is 18.8 Å². The first kappa shape index (κ1) is 23.9. The molecule has 0 amide bonds. The molecule has 0 aromatic carbocycles. The summed E-state index contributed by atoms with van der Waals surface area (Å²) in [4.78, 5) is 0. The summed E-state index contributed by atoms with van der Waals surface area (Å²) >= 11 is 0. The maximum atomic E-state index is 11.7. The Labute approximate surface area is 159 Å². The van der Waals surface area contributed by atoms with Crippen molar-refractivity contribution in [2.24, 2.45) is 5.92 Å². The number of hydrogen-bond donors (Lipinski definition) is 2. The van der Waals surface area contributed by atoms with Crippen LogP contribution in [0.4, 0.5) is 0 Å². The first-order valence-corrected chi connectivity index (χ1v) is 13.1. The molecule has 8 heteroatoms. The Balaban J connectivity index is 2.25. The summed E-state index contributed by atoms with van der Waals surface area (Å²) in [5.74, 6) is -0.819. The van der Waals surface area contributed by atoms with Gasteiger partial charge in [-0.2, -0.15) is 16.8 Å². The van der Waals surface area contributed by atoms with Crippen molar-refractivity contribution >= 4 is 20.2 Å². The van der Waals surface area contributed by atoms with Gasteiger partial charge in [0.25, 0.3) is 20.2 Å². The number of unbranched alkanes of at least 4 members (excludes halogenated alkanes) is 9. The van der Waals surface area contributed by atoms with Gasteiger partial charge in [0.2, 0.25) is 0 Å². The van der Waals surface area contributed by atoms with Crippen molar-refractivity contribution in [2.45, 2.75) is 102 Å². The predicted molar refractivity (Wildman–Crippen MR) is 104 cm³/mol. The maximum Gasteiger partial charge on any atom is 0.271 e. The van der Waals surface area contributed by atoms with Gasteiger partial charge in [-0.1, -0.05) is 77.6 Å². The van der Waals surface area contributed by atoms with Gasteiger partial charge < -0.3 is 0 Å². The summed E-state index contributed by atoms with van der Waals surface area (Å²) in [5, 5.41) is 0. The maximum absolute atomic E-state index is 11.7. The lowest BCUT2D eigenvalue weighted by molar-refractivity contribution is 0.404.